The number of aliphatic hydroxyl groups is 1. The first-order chi connectivity index (χ1) is 6.15. The smallest absolute Gasteiger partial charge is 0.0449 e. The fourth-order valence-corrected chi connectivity index (χ4v) is 1.45. The Morgan fingerprint density at radius 1 is 1.54 bits per heavy atom. The minimum absolute atomic E-state index is 0.0585. The lowest BCUT2D eigenvalue weighted by molar-refractivity contribution is 0.276. The Hall–Kier alpha value is -0.380. The molecule has 0 aliphatic heterocycles. The van der Waals surface area contributed by atoms with Crippen LogP contribution in [0.25, 0.3) is 0 Å². The standard InChI is InChI=1S/C10H14BrNO/c1-7-6-8(2-3-9(7)11)10(12)4-5-13/h2-3,6,10,13H,4-5,12H2,1H3/t10-/m0/s1. The predicted molar refractivity (Wildman–Crippen MR) is 57.5 cm³/mol. The van der Waals surface area contributed by atoms with Gasteiger partial charge in [0.05, 0.1) is 0 Å². The summed E-state index contributed by atoms with van der Waals surface area (Å²) in [5, 5.41) is 8.73. The van der Waals surface area contributed by atoms with Crippen LogP contribution in [0, 0.1) is 6.92 Å². The lowest BCUT2D eigenvalue weighted by atomic mass is 10.0. The van der Waals surface area contributed by atoms with Crippen LogP contribution in [0.3, 0.4) is 0 Å². The molecule has 1 aromatic rings. The number of halogens is 1. The zero-order chi connectivity index (χ0) is 9.84. The molecule has 3 heteroatoms. The number of nitrogens with two attached hydrogens (primary N) is 1. The molecule has 0 fully saturated rings. The van der Waals surface area contributed by atoms with E-state index in [0.717, 1.165) is 10.0 Å². The van der Waals surface area contributed by atoms with Gasteiger partial charge in [-0.05, 0) is 30.5 Å². The van der Waals surface area contributed by atoms with E-state index in [9.17, 15) is 0 Å². The minimum Gasteiger partial charge on any atom is -0.396 e. The van der Waals surface area contributed by atoms with E-state index in [2.05, 4.69) is 15.9 Å². The highest BCUT2D eigenvalue weighted by Gasteiger charge is 2.05. The second-order valence-electron chi connectivity index (χ2n) is 3.13. The average molecular weight is 244 g/mol. The molecule has 1 rings (SSSR count). The molecule has 13 heavy (non-hydrogen) atoms. The maximum atomic E-state index is 8.73. The van der Waals surface area contributed by atoms with Crippen LogP contribution in [-0.4, -0.2) is 11.7 Å². The first-order valence-electron chi connectivity index (χ1n) is 4.27. The number of benzene rings is 1. The van der Waals surface area contributed by atoms with Crippen LogP contribution in [0.5, 0.6) is 0 Å². The molecular weight excluding hydrogens is 230 g/mol. The Labute approximate surface area is 86.9 Å². The maximum Gasteiger partial charge on any atom is 0.0449 e. The number of hydrogen-bond donors (Lipinski definition) is 2. The van der Waals surface area contributed by atoms with E-state index < -0.39 is 0 Å². The maximum absolute atomic E-state index is 8.73. The summed E-state index contributed by atoms with van der Waals surface area (Å²) in [4.78, 5) is 0. The molecule has 0 aliphatic rings. The van der Waals surface area contributed by atoms with Gasteiger partial charge in [-0.1, -0.05) is 28.1 Å². The lowest BCUT2D eigenvalue weighted by Crippen LogP contribution is -2.11. The van der Waals surface area contributed by atoms with Crippen LogP contribution in [0.2, 0.25) is 0 Å². The molecule has 1 aromatic carbocycles. The molecule has 0 saturated carbocycles. The van der Waals surface area contributed by atoms with Crippen LogP contribution < -0.4 is 5.73 Å². The first kappa shape index (κ1) is 10.7. The van der Waals surface area contributed by atoms with E-state index in [0.29, 0.717) is 6.42 Å². The van der Waals surface area contributed by atoms with Gasteiger partial charge in [0.1, 0.15) is 0 Å². The van der Waals surface area contributed by atoms with Crippen molar-refractivity contribution in [2.24, 2.45) is 5.73 Å². The monoisotopic (exact) mass is 243 g/mol. The second kappa shape index (κ2) is 4.74. The molecule has 0 saturated heterocycles. The molecule has 0 spiro atoms. The average Bonchev–Trinajstić information content (AvgIpc) is 2.10. The van der Waals surface area contributed by atoms with E-state index in [-0.39, 0.29) is 12.6 Å². The number of aryl methyl sites for hydroxylation is 1. The molecule has 0 amide bonds. The van der Waals surface area contributed by atoms with Crippen molar-refractivity contribution in [2.75, 3.05) is 6.61 Å². The highest BCUT2D eigenvalue weighted by molar-refractivity contribution is 9.10. The van der Waals surface area contributed by atoms with Crippen molar-refractivity contribution in [1.29, 1.82) is 0 Å². The molecule has 0 bridgehead atoms. The molecule has 0 unspecified atom stereocenters. The quantitative estimate of drug-likeness (QED) is 0.855. The van der Waals surface area contributed by atoms with Crippen molar-refractivity contribution in [1.82, 2.24) is 0 Å². The van der Waals surface area contributed by atoms with Gasteiger partial charge in [0.15, 0.2) is 0 Å². The van der Waals surface area contributed by atoms with Crippen molar-refractivity contribution < 1.29 is 5.11 Å². The summed E-state index contributed by atoms with van der Waals surface area (Å²) in [7, 11) is 0. The summed E-state index contributed by atoms with van der Waals surface area (Å²) in [5.41, 5.74) is 8.10. The van der Waals surface area contributed by atoms with Gasteiger partial charge in [-0.2, -0.15) is 0 Å². The van der Waals surface area contributed by atoms with Crippen LogP contribution >= 0.6 is 15.9 Å². The molecule has 0 aromatic heterocycles. The van der Waals surface area contributed by atoms with Crippen LogP contribution in [0.4, 0.5) is 0 Å². The molecule has 0 aliphatic carbocycles. The zero-order valence-electron chi connectivity index (χ0n) is 7.63. The topological polar surface area (TPSA) is 46.2 Å². The van der Waals surface area contributed by atoms with Gasteiger partial charge >= 0.3 is 0 Å². The molecule has 72 valence electrons. The Kier molecular flexibility index (Phi) is 3.90. The van der Waals surface area contributed by atoms with Crippen LogP contribution in [0.15, 0.2) is 22.7 Å². The summed E-state index contributed by atoms with van der Waals surface area (Å²) in [6, 6.07) is 5.96. The van der Waals surface area contributed by atoms with Gasteiger partial charge in [-0.15, -0.1) is 0 Å². The second-order valence-corrected chi connectivity index (χ2v) is 3.98. The number of aliphatic hydroxyl groups excluding tert-OH is 1. The van der Waals surface area contributed by atoms with E-state index in [1.165, 1.54) is 5.56 Å². The van der Waals surface area contributed by atoms with Gasteiger partial charge in [-0.3, -0.25) is 0 Å². The fourth-order valence-electron chi connectivity index (χ4n) is 1.20. The van der Waals surface area contributed by atoms with Crippen LogP contribution in [0.1, 0.15) is 23.6 Å². The SMILES string of the molecule is Cc1cc([C@@H](N)CCO)ccc1Br. The Morgan fingerprint density at radius 2 is 2.23 bits per heavy atom. The van der Waals surface area contributed by atoms with Crippen molar-refractivity contribution in [3.8, 4) is 0 Å². The summed E-state index contributed by atoms with van der Waals surface area (Å²) >= 11 is 3.43. The Bertz CT molecular complexity index is 288. The largest absolute Gasteiger partial charge is 0.396 e. The molecule has 1 atom stereocenters. The molecular formula is C10H14BrNO. The van der Waals surface area contributed by atoms with E-state index in [1.54, 1.807) is 0 Å². The first-order valence-corrected chi connectivity index (χ1v) is 5.07. The molecule has 0 radical (unpaired) electrons. The van der Waals surface area contributed by atoms with Crippen LogP contribution in [-0.2, 0) is 0 Å². The number of hydrogen-bond acceptors (Lipinski definition) is 2. The predicted octanol–water partition coefficient (Wildman–Crippen LogP) is 2.14. The summed E-state index contributed by atoms with van der Waals surface area (Å²) < 4.78 is 1.09. The third kappa shape index (κ3) is 2.79. The third-order valence-electron chi connectivity index (χ3n) is 2.05. The van der Waals surface area contributed by atoms with Crippen molar-refractivity contribution in [3.63, 3.8) is 0 Å². The Morgan fingerprint density at radius 3 is 2.77 bits per heavy atom. The van der Waals surface area contributed by atoms with E-state index in [1.807, 2.05) is 25.1 Å². The molecule has 0 heterocycles. The summed E-state index contributed by atoms with van der Waals surface area (Å²) in [6.07, 6.45) is 0.612. The van der Waals surface area contributed by atoms with Crippen molar-refractivity contribution in [2.45, 2.75) is 19.4 Å². The molecule has 3 N–H and O–H groups in total. The van der Waals surface area contributed by atoms with Crippen molar-refractivity contribution >= 4 is 15.9 Å². The van der Waals surface area contributed by atoms with E-state index >= 15 is 0 Å². The minimum atomic E-state index is -0.0585. The van der Waals surface area contributed by atoms with Gasteiger partial charge in [0.2, 0.25) is 0 Å². The molecule has 2 nitrogen and oxygen atoms in total. The number of rotatable bonds is 3. The van der Waals surface area contributed by atoms with E-state index in [4.69, 9.17) is 10.8 Å². The van der Waals surface area contributed by atoms with Gasteiger partial charge in [0, 0.05) is 17.1 Å². The highest BCUT2D eigenvalue weighted by atomic mass is 79.9. The zero-order valence-corrected chi connectivity index (χ0v) is 9.21. The third-order valence-corrected chi connectivity index (χ3v) is 2.94. The van der Waals surface area contributed by atoms with Gasteiger partial charge < -0.3 is 10.8 Å². The summed E-state index contributed by atoms with van der Waals surface area (Å²) in [5.74, 6) is 0. The van der Waals surface area contributed by atoms with Gasteiger partial charge in [0.25, 0.3) is 0 Å². The highest BCUT2D eigenvalue weighted by Crippen LogP contribution is 2.21. The van der Waals surface area contributed by atoms with Crippen molar-refractivity contribution in [3.05, 3.63) is 33.8 Å². The van der Waals surface area contributed by atoms with Gasteiger partial charge in [-0.25, -0.2) is 0 Å². The fraction of sp³-hybridized carbons (Fsp3) is 0.400. The lowest BCUT2D eigenvalue weighted by Gasteiger charge is -2.11. The summed E-state index contributed by atoms with van der Waals surface area (Å²) in [6.45, 7) is 2.16. The normalized spacial score (nSPS) is 12.9. The Balaban J connectivity index is 2.84.